The smallest absolute Gasteiger partial charge is 0.291 e. The van der Waals surface area contributed by atoms with Crippen LogP contribution in [0.3, 0.4) is 0 Å². The van der Waals surface area contributed by atoms with Gasteiger partial charge in [0.05, 0.1) is 17.0 Å². The summed E-state index contributed by atoms with van der Waals surface area (Å²) < 4.78 is 5.94. The highest BCUT2D eigenvalue weighted by atomic mass is 35.5. The lowest BCUT2D eigenvalue weighted by atomic mass is 9.98. The van der Waals surface area contributed by atoms with Crippen LogP contribution in [0.25, 0.3) is 11.0 Å². The van der Waals surface area contributed by atoms with Gasteiger partial charge >= 0.3 is 0 Å². The molecule has 1 aliphatic heterocycles. The van der Waals surface area contributed by atoms with Crippen molar-refractivity contribution in [3.63, 3.8) is 0 Å². The number of benzene rings is 3. The second-order valence-corrected chi connectivity index (χ2v) is 7.98. The molecule has 0 bridgehead atoms. The molecule has 0 saturated heterocycles. The lowest BCUT2D eigenvalue weighted by molar-refractivity contribution is 0.0714. The van der Waals surface area contributed by atoms with Gasteiger partial charge in [0.1, 0.15) is 5.58 Å². The van der Waals surface area contributed by atoms with E-state index in [9.17, 15) is 9.59 Å². The second-order valence-electron chi connectivity index (χ2n) is 7.55. The van der Waals surface area contributed by atoms with E-state index in [0.29, 0.717) is 28.1 Å². The van der Waals surface area contributed by atoms with Crippen LogP contribution in [0.4, 0.5) is 0 Å². The number of nitrogens with zero attached hydrogens (tertiary/aromatic N) is 1. The van der Waals surface area contributed by atoms with Gasteiger partial charge < -0.3 is 9.32 Å². The SMILES string of the molecule is Cc1ccc(CN2C(=O)c3oc4ccccc4c(=O)c3C2c2cccc(Cl)c2)cc1. The van der Waals surface area contributed by atoms with Crippen molar-refractivity contribution in [3.05, 3.63) is 116 Å². The van der Waals surface area contributed by atoms with E-state index in [0.717, 1.165) is 16.7 Å². The Balaban J connectivity index is 1.72. The predicted octanol–water partition coefficient (Wildman–Crippen LogP) is 5.50. The molecule has 1 aliphatic rings. The fourth-order valence-electron chi connectivity index (χ4n) is 4.04. The van der Waals surface area contributed by atoms with Crippen molar-refractivity contribution < 1.29 is 9.21 Å². The first kappa shape index (κ1) is 18.6. The zero-order valence-corrected chi connectivity index (χ0v) is 17.0. The summed E-state index contributed by atoms with van der Waals surface area (Å²) in [5, 5.41) is 1.02. The molecule has 30 heavy (non-hydrogen) atoms. The highest BCUT2D eigenvalue weighted by Crippen LogP contribution is 2.39. The summed E-state index contributed by atoms with van der Waals surface area (Å²) >= 11 is 6.24. The quantitative estimate of drug-likeness (QED) is 0.444. The molecule has 3 aromatic carbocycles. The van der Waals surface area contributed by atoms with Gasteiger partial charge in [-0.2, -0.15) is 0 Å². The van der Waals surface area contributed by atoms with E-state index < -0.39 is 6.04 Å². The molecule has 1 unspecified atom stereocenters. The minimum absolute atomic E-state index is 0.107. The fourth-order valence-corrected chi connectivity index (χ4v) is 4.24. The number of halogens is 1. The van der Waals surface area contributed by atoms with Gasteiger partial charge in [-0.3, -0.25) is 9.59 Å². The average Bonchev–Trinajstić information content (AvgIpc) is 3.02. The number of hydrogen-bond acceptors (Lipinski definition) is 3. The summed E-state index contributed by atoms with van der Waals surface area (Å²) in [5.41, 5.74) is 3.50. The average molecular weight is 416 g/mol. The monoisotopic (exact) mass is 415 g/mol. The van der Waals surface area contributed by atoms with E-state index >= 15 is 0 Å². The number of aryl methyl sites for hydroxylation is 1. The Kier molecular flexibility index (Phi) is 4.44. The van der Waals surface area contributed by atoms with Crippen molar-refractivity contribution in [2.24, 2.45) is 0 Å². The first-order valence-corrected chi connectivity index (χ1v) is 10.1. The topological polar surface area (TPSA) is 50.5 Å². The zero-order chi connectivity index (χ0) is 20.8. The number of carbonyl (C=O) groups excluding carboxylic acids is 1. The van der Waals surface area contributed by atoms with E-state index in [1.54, 1.807) is 41.3 Å². The molecular formula is C25H18ClNO3. The van der Waals surface area contributed by atoms with Gasteiger partial charge in [-0.1, -0.05) is 65.7 Å². The first-order valence-electron chi connectivity index (χ1n) is 9.70. The van der Waals surface area contributed by atoms with Crippen LogP contribution >= 0.6 is 11.6 Å². The molecule has 148 valence electrons. The summed E-state index contributed by atoms with van der Waals surface area (Å²) in [5.74, 6) is -0.186. The number of carbonyl (C=O) groups is 1. The van der Waals surface area contributed by atoms with Gasteiger partial charge in [-0.15, -0.1) is 0 Å². The molecule has 0 radical (unpaired) electrons. The van der Waals surface area contributed by atoms with Crippen LogP contribution in [0.2, 0.25) is 5.02 Å². The highest BCUT2D eigenvalue weighted by Gasteiger charge is 2.42. The van der Waals surface area contributed by atoms with Gasteiger partial charge in [0, 0.05) is 11.6 Å². The van der Waals surface area contributed by atoms with Crippen LogP contribution in [0.5, 0.6) is 0 Å². The van der Waals surface area contributed by atoms with Crippen molar-refractivity contribution in [1.82, 2.24) is 4.90 Å². The maximum Gasteiger partial charge on any atom is 0.291 e. The number of hydrogen-bond donors (Lipinski definition) is 0. The molecule has 0 N–H and O–H groups in total. The minimum atomic E-state index is -0.562. The molecular weight excluding hydrogens is 398 g/mol. The molecule has 1 aromatic heterocycles. The molecule has 1 atom stereocenters. The number of para-hydroxylation sites is 1. The van der Waals surface area contributed by atoms with Crippen LogP contribution in [-0.2, 0) is 6.54 Å². The fraction of sp³-hybridized carbons (Fsp3) is 0.120. The summed E-state index contributed by atoms with van der Waals surface area (Å²) in [6, 6.07) is 21.7. The van der Waals surface area contributed by atoms with E-state index in [1.165, 1.54) is 0 Å². The van der Waals surface area contributed by atoms with Crippen LogP contribution in [-0.4, -0.2) is 10.8 Å². The van der Waals surface area contributed by atoms with E-state index in [1.807, 2.05) is 43.3 Å². The number of amides is 1. The van der Waals surface area contributed by atoms with Gasteiger partial charge in [0.15, 0.2) is 5.43 Å². The molecule has 0 fully saturated rings. The maximum absolute atomic E-state index is 13.4. The Hall–Kier alpha value is -3.37. The first-order chi connectivity index (χ1) is 14.5. The highest BCUT2D eigenvalue weighted by molar-refractivity contribution is 6.30. The van der Waals surface area contributed by atoms with Crippen LogP contribution in [0, 0.1) is 6.92 Å². The molecule has 0 spiro atoms. The van der Waals surface area contributed by atoms with Crippen molar-refractivity contribution in [2.75, 3.05) is 0 Å². The lowest BCUT2D eigenvalue weighted by Crippen LogP contribution is -2.29. The van der Waals surface area contributed by atoms with E-state index in [2.05, 4.69) is 0 Å². The Morgan fingerprint density at radius 1 is 0.967 bits per heavy atom. The number of rotatable bonds is 3. The predicted molar refractivity (Wildman–Crippen MR) is 117 cm³/mol. The maximum atomic E-state index is 13.4. The Morgan fingerprint density at radius 2 is 1.73 bits per heavy atom. The van der Waals surface area contributed by atoms with Gasteiger partial charge in [0.2, 0.25) is 5.76 Å². The third-order valence-electron chi connectivity index (χ3n) is 5.51. The van der Waals surface area contributed by atoms with Crippen LogP contribution in [0.15, 0.2) is 82.0 Å². The Labute approximate surface area is 178 Å². The third kappa shape index (κ3) is 3.01. The van der Waals surface area contributed by atoms with Crippen LogP contribution < -0.4 is 5.43 Å². The molecule has 0 saturated carbocycles. The normalized spacial score (nSPS) is 15.6. The summed E-state index contributed by atoms with van der Waals surface area (Å²) in [4.78, 5) is 28.5. The Bertz CT molecular complexity index is 1340. The van der Waals surface area contributed by atoms with Crippen molar-refractivity contribution in [2.45, 2.75) is 19.5 Å². The molecule has 0 aliphatic carbocycles. The van der Waals surface area contributed by atoms with Crippen LogP contribution in [0.1, 0.15) is 38.9 Å². The van der Waals surface area contributed by atoms with Gasteiger partial charge in [-0.25, -0.2) is 0 Å². The second kappa shape index (κ2) is 7.15. The Morgan fingerprint density at radius 3 is 2.50 bits per heavy atom. The molecule has 4 aromatic rings. The molecule has 5 rings (SSSR count). The lowest BCUT2D eigenvalue weighted by Gasteiger charge is -2.25. The molecule has 5 heteroatoms. The van der Waals surface area contributed by atoms with E-state index in [4.69, 9.17) is 16.0 Å². The summed E-state index contributed by atoms with van der Waals surface area (Å²) in [6.07, 6.45) is 0. The van der Waals surface area contributed by atoms with Crippen molar-refractivity contribution >= 4 is 28.5 Å². The largest absolute Gasteiger partial charge is 0.450 e. The third-order valence-corrected chi connectivity index (χ3v) is 5.75. The zero-order valence-electron chi connectivity index (χ0n) is 16.3. The number of fused-ring (bicyclic) bond motifs is 2. The molecule has 2 heterocycles. The summed E-state index contributed by atoms with van der Waals surface area (Å²) in [7, 11) is 0. The minimum Gasteiger partial charge on any atom is -0.450 e. The molecule has 4 nitrogen and oxygen atoms in total. The van der Waals surface area contributed by atoms with E-state index in [-0.39, 0.29) is 17.1 Å². The standard InChI is InChI=1S/C25H18ClNO3/c1-15-9-11-16(12-10-15)14-27-22(17-5-4-6-18(26)13-17)21-23(28)19-7-2-3-8-20(19)30-24(21)25(27)29/h2-13,22H,14H2,1H3. The van der Waals surface area contributed by atoms with Crippen molar-refractivity contribution in [1.29, 1.82) is 0 Å². The van der Waals surface area contributed by atoms with Gasteiger partial charge in [-0.05, 0) is 42.3 Å². The summed E-state index contributed by atoms with van der Waals surface area (Å²) in [6.45, 7) is 2.37. The molecule has 1 amide bonds. The van der Waals surface area contributed by atoms with Gasteiger partial charge in [0.25, 0.3) is 5.91 Å². The van der Waals surface area contributed by atoms with Crippen molar-refractivity contribution in [3.8, 4) is 0 Å².